The van der Waals surface area contributed by atoms with Gasteiger partial charge in [-0.2, -0.15) is 0 Å². The predicted molar refractivity (Wildman–Crippen MR) is 75.1 cm³/mol. The van der Waals surface area contributed by atoms with Crippen LogP contribution in [0.4, 0.5) is 0 Å². The van der Waals surface area contributed by atoms with Gasteiger partial charge in [0.15, 0.2) is 0 Å². The van der Waals surface area contributed by atoms with Crippen molar-refractivity contribution in [1.29, 1.82) is 0 Å². The molecule has 1 aromatic carbocycles. The standard InChI is InChI=1S/C15H21OSi/c1-15(2,3)13-10-11-8-6-7-9-12(11)14(13)16-17(4)5/h6-9H,10H2,1-5H3. The van der Waals surface area contributed by atoms with Crippen LogP contribution in [0.3, 0.4) is 0 Å². The Bertz CT molecular complexity index is 452. The second-order valence-corrected chi connectivity index (χ2v) is 7.92. The molecule has 0 heterocycles. The largest absolute Gasteiger partial charge is 0.542 e. The van der Waals surface area contributed by atoms with Crippen LogP contribution in [0.5, 0.6) is 0 Å². The second kappa shape index (κ2) is 4.34. The van der Waals surface area contributed by atoms with Gasteiger partial charge in [-0.15, -0.1) is 0 Å². The highest BCUT2D eigenvalue weighted by molar-refractivity contribution is 6.49. The van der Waals surface area contributed by atoms with Crippen LogP contribution in [0.1, 0.15) is 31.9 Å². The SMILES string of the molecule is C[Si](C)OC1=C(C(C)(C)C)Cc2ccccc21. The van der Waals surface area contributed by atoms with Crippen molar-refractivity contribution >= 4 is 14.8 Å². The van der Waals surface area contributed by atoms with Crippen molar-refractivity contribution in [3.63, 3.8) is 0 Å². The summed E-state index contributed by atoms with van der Waals surface area (Å²) in [4.78, 5) is 0. The van der Waals surface area contributed by atoms with E-state index in [0.717, 1.165) is 12.2 Å². The maximum absolute atomic E-state index is 6.16. The van der Waals surface area contributed by atoms with E-state index >= 15 is 0 Å². The van der Waals surface area contributed by atoms with Gasteiger partial charge in [-0.1, -0.05) is 45.0 Å². The molecule has 0 atom stereocenters. The molecule has 1 aliphatic carbocycles. The van der Waals surface area contributed by atoms with Crippen LogP contribution >= 0.6 is 0 Å². The molecule has 91 valence electrons. The van der Waals surface area contributed by atoms with E-state index < -0.39 is 9.04 Å². The molecule has 2 heteroatoms. The predicted octanol–water partition coefficient (Wildman–Crippen LogP) is 4.27. The fourth-order valence-electron chi connectivity index (χ4n) is 2.26. The maximum atomic E-state index is 6.16. The van der Waals surface area contributed by atoms with Crippen molar-refractivity contribution in [2.45, 2.75) is 40.3 Å². The van der Waals surface area contributed by atoms with Crippen LogP contribution in [0.2, 0.25) is 13.1 Å². The molecule has 0 unspecified atom stereocenters. The molecular weight excluding hydrogens is 224 g/mol. The molecule has 17 heavy (non-hydrogen) atoms. The quantitative estimate of drug-likeness (QED) is 0.707. The molecule has 0 fully saturated rings. The minimum absolute atomic E-state index is 0.186. The van der Waals surface area contributed by atoms with Gasteiger partial charge in [0.2, 0.25) is 0 Å². The molecule has 1 aliphatic rings. The number of rotatable bonds is 2. The van der Waals surface area contributed by atoms with Crippen molar-refractivity contribution in [3.8, 4) is 0 Å². The Morgan fingerprint density at radius 2 is 1.76 bits per heavy atom. The first-order chi connectivity index (χ1) is 7.89. The lowest BCUT2D eigenvalue weighted by molar-refractivity contribution is 0.464. The maximum Gasteiger partial charge on any atom is 0.274 e. The summed E-state index contributed by atoms with van der Waals surface area (Å²) in [6.07, 6.45) is 1.05. The lowest BCUT2D eigenvalue weighted by Crippen LogP contribution is -2.14. The van der Waals surface area contributed by atoms with E-state index in [4.69, 9.17) is 4.43 Å². The molecule has 1 radical (unpaired) electrons. The Kier molecular flexibility index (Phi) is 3.17. The molecule has 2 rings (SSSR count). The Labute approximate surface area is 106 Å². The van der Waals surface area contributed by atoms with Crippen LogP contribution in [-0.4, -0.2) is 9.04 Å². The summed E-state index contributed by atoms with van der Waals surface area (Å²) in [5, 5.41) is 0. The average Bonchev–Trinajstić information content (AvgIpc) is 2.56. The zero-order valence-electron chi connectivity index (χ0n) is 11.4. The van der Waals surface area contributed by atoms with Crippen LogP contribution in [0, 0.1) is 5.41 Å². The van der Waals surface area contributed by atoms with Crippen molar-refractivity contribution < 1.29 is 4.43 Å². The highest BCUT2D eigenvalue weighted by Gasteiger charge is 2.30. The van der Waals surface area contributed by atoms with Crippen molar-refractivity contribution in [1.82, 2.24) is 0 Å². The normalized spacial score (nSPS) is 15.4. The van der Waals surface area contributed by atoms with Crippen LogP contribution in [0.15, 0.2) is 29.8 Å². The first-order valence-corrected chi connectivity index (χ1v) is 8.60. The molecule has 0 saturated heterocycles. The fraction of sp³-hybridized carbons (Fsp3) is 0.467. The summed E-state index contributed by atoms with van der Waals surface area (Å²) < 4.78 is 6.16. The van der Waals surface area contributed by atoms with Gasteiger partial charge in [0.05, 0.1) is 0 Å². The molecule has 0 saturated carbocycles. The molecule has 0 bridgehead atoms. The monoisotopic (exact) mass is 245 g/mol. The minimum Gasteiger partial charge on any atom is -0.542 e. The molecule has 0 aliphatic heterocycles. The Morgan fingerprint density at radius 1 is 1.12 bits per heavy atom. The Morgan fingerprint density at radius 3 is 2.35 bits per heavy atom. The molecule has 0 spiro atoms. The van der Waals surface area contributed by atoms with Gasteiger partial charge in [0, 0.05) is 5.56 Å². The number of hydrogen-bond acceptors (Lipinski definition) is 1. The van der Waals surface area contributed by atoms with Crippen LogP contribution in [0.25, 0.3) is 5.76 Å². The topological polar surface area (TPSA) is 9.23 Å². The van der Waals surface area contributed by atoms with E-state index in [1.165, 1.54) is 16.7 Å². The van der Waals surface area contributed by atoms with Gasteiger partial charge in [0.1, 0.15) is 5.76 Å². The van der Waals surface area contributed by atoms with E-state index in [1.54, 1.807) is 0 Å². The van der Waals surface area contributed by atoms with E-state index in [1.807, 2.05) is 0 Å². The lowest BCUT2D eigenvalue weighted by atomic mass is 9.85. The number of benzene rings is 1. The highest BCUT2D eigenvalue weighted by Crippen LogP contribution is 2.42. The van der Waals surface area contributed by atoms with Crippen LogP contribution in [-0.2, 0) is 10.8 Å². The average molecular weight is 245 g/mol. The summed E-state index contributed by atoms with van der Waals surface area (Å²) >= 11 is 0. The van der Waals surface area contributed by atoms with Gasteiger partial charge in [0.25, 0.3) is 9.04 Å². The molecular formula is C15H21OSi. The first-order valence-electron chi connectivity index (χ1n) is 6.19. The zero-order chi connectivity index (χ0) is 12.6. The van der Waals surface area contributed by atoms with E-state index in [9.17, 15) is 0 Å². The number of hydrogen-bond donors (Lipinski definition) is 0. The summed E-state index contributed by atoms with van der Waals surface area (Å²) in [6.45, 7) is 11.2. The fourth-order valence-corrected chi connectivity index (χ4v) is 2.90. The minimum atomic E-state index is -0.709. The lowest BCUT2D eigenvalue weighted by Gasteiger charge is -2.23. The summed E-state index contributed by atoms with van der Waals surface area (Å²) in [6, 6.07) is 8.63. The van der Waals surface area contributed by atoms with Crippen molar-refractivity contribution in [3.05, 3.63) is 41.0 Å². The van der Waals surface area contributed by atoms with Crippen LogP contribution < -0.4 is 0 Å². The first kappa shape index (κ1) is 12.4. The van der Waals surface area contributed by atoms with Crippen molar-refractivity contribution in [2.75, 3.05) is 0 Å². The summed E-state index contributed by atoms with van der Waals surface area (Å²) in [5.41, 5.74) is 4.36. The molecule has 1 aromatic rings. The second-order valence-electron chi connectivity index (χ2n) is 5.90. The summed E-state index contributed by atoms with van der Waals surface area (Å²) in [5.74, 6) is 1.16. The van der Waals surface area contributed by atoms with Crippen molar-refractivity contribution in [2.24, 2.45) is 5.41 Å². The third-order valence-electron chi connectivity index (χ3n) is 3.11. The molecule has 0 aromatic heterocycles. The third kappa shape index (κ3) is 2.47. The van der Waals surface area contributed by atoms with E-state index in [-0.39, 0.29) is 5.41 Å². The van der Waals surface area contributed by atoms with Gasteiger partial charge in [-0.25, -0.2) is 0 Å². The van der Waals surface area contributed by atoms with E-state index in [2.05, 4.69) is 58.1 Å². The third-order valence-corrected chi connectivity index (χ3v) is 3.73. The Balaban J connectivity index is 2.48. The van der Waals surface area contributed by atoms with Gasteiger partial charge >= 0.3 is 0 Å². The molecule has 0 N–H and O–H groups in total. The highest BCUT2D eigenvalue weighted by atomic mass is 28.3. The number of allylic oxidation sites excluding steroid dienone is 1. The van der Waals surface area contributed by atoms with Gasteiger partial charge in [-0.05, 0) is 36.1 Å². The van der Waals surface area contributed by atoms with E-state index in [0.29, 0.717) is 0 Å². The zero-order valence-corrected chi connectivity index (χ0v) is 12.4. The smallest absolute Gasteiger partial charge is 0.274 e. The summed E-state index contributed by atoms with van der Waals surface area (Å²) in [7, 11) is -0.709. The molecule has 1 nitrogen and oxygen atoms in total. The number of fused-ring (bicyclic) bond motifs is 1. The van der Waals surface area contributed by atoms with Gasteiger partial charge < -0.3 is 4.43 Å². The molecule has 0 amide bonds. The Hall–Kier alpha value is -1.02. The van der Waals surface area contributed by atoms with Gasteiger partial charge in [-0.3, -0.25) is 0 Å².